The minimum absolute atomic E-state index is 0.00589. The predicted octanol–water partition coefficient (Wildman–Crippen LogP) is 2.47. The number of urea groups is 1. The van der Waals surface area contributed by atoms with Gasteiger partial charge in [0.2, 0.25) is 0 Å². The summed E-state index contributed by atoms with van der Waals surface area (Å²) in [6.45, 7) is 7.79. The molecular formula is C14H24N2O3S. The summed E-state index contributed by atoms with van der Waals surface area (Å²) in [7, 11) is 0. The lowest BCUT2D eigenvalue weighted by atomic mass is 9.84. The molecule has 2 heterocycles. The number of carbonyl (C=O) groups excluding carboxylic acids is 1. The van der Waals surface area contributed by atoms with Crippen molar-refractivity contribution in [3.63, 3.8) is 0 Å². The SMILES string of the molecule is CCC1SCC(C(=O)O)N1C(=O)N1CCCC(C)(C)C1. The second-order valence-electron chi connectivity index (χ2n) is 6.43. The Hall–Kier alpha value is -0.910. The van der Waals surface area contributed by atoms with Gasteiger partial charge in [-0.05, 0) is 24.7 Å². The third-order valence-corrected chi connectivity index (χ3v) is 5.57. The molecule has 0 aromatic rings. The highest BCUT2D eigenvalue weighted by atomic mass is 32.2. The number of nitrogens with zero attached hydrogens (tertiary/aromatic N) is 2. The first kappa shape index (κ1) is 15.5. The molecule has 0 aromatic heterocycles. The van der Waals surface area contributed by atoms with E-state index in [9.17, 15) is 14.7 Å². The lowest BCUT2D eigenvalue weighted by Gasteiger charge is -2.41. The maximum absolute atomic E-state index is 12.7. The van der Waals surface area contributed by atoms with Crippen LogP contribution in [0.3, 0.4) is 0 Å². The molecule has 2 unspecified atom stereocenters. The van der Waals surface area contributed by atoms with Crippen molar-refractivity contribution in [3.05, 3.63) is 0 Å². The summed E-state index contributed by atoms with van der Waals surface area (Å²) in [6, 6.07) is -0.774. The molecule has 114 valence electrons. The molecule has 2 fully saturated rings. The number of piperidine rings is 1. The van der Waals surface area contributed by atoms with Crippen LogP contribution in [-0.2, 0) is 4.79 Å². The largest absolute Gasteiger partial charge is 0.480 e. The van der Waals surface area contributed by atoms with E-state index in [1.165, 1.54) is 0 Å². The minimum Gasteiger partial charge on any atom is -0.480 e. The van der Waals surface area contributed by atoms with Crippen LogP contribution in [0.15, 0.2) is 0 Å². The molecule has 20 heavy (non-hydrogen) atoms. The highest BCUT2D eigenvalue weighted by Gasteiger charge is 2.43. The van der Waals surface area contributed by atoms with Crippen LogP contribution >= 0.6 is 11.8 Å². The molecule has 0 aliphatic carbocycles. The lowest BCUT2D eigenvalue weighted by Crippen LogP contribution is -2.54. The molecule has 0 bridgehead atoms. The lowest BCUT2D eigenvalue weighted by molar-refractivity contribution is -0.141. The zero-order valence-corrected chi connectivity index (χ0v) is 13.3. The van der Waals surface area contributed by atoms with Crippen LogP contribution in [0.5, 0.6) is 0 Å². The number of hydrogen-bond acceptors (Lipinski definition) is 3. The van der Waals surface area contributed by atoms with Crippen LogP contribution in [0.1, 0.15) is 40.0 Å². The Morgan fingerprint density at radius 3 is 2.65 bits per heavy atom. The number of hydrogen-bond donors (Lipinski definition) is 1. The molecule has 6 heteroatoms. The van der Waals surface area contributed by atoms with Crippen molar-refractivity contribution in [3.8, 4) is 0 Å². The van der Waals surface area contributed by atoms with Gasteiger partial charge in [0.1, 0.15) is 6.04 Å². The van der Waals surface area contributed by atoms with Gasteiger partial charge in [-0.3, -0.25) is 4.90 Å². The quantitative estimate of drug-likeness (QED) is 0.851. The first-order valence-corrected chi connectivity index (χ1v) is 8.32. The van der Waals surface area contributed by atoms with Crippen LogP contribution in [0.2, 0.25) is 0 Å². The zero-order valence-electron chi connectivity index (χ0n) is 12.5. The Kier molecular flexibility index (Phi) is 4.52. The van der Waals surface area contributed by atoms with E-state index in [2.05, 4.69) is 13.8 Å². The summed E-state index contributed by atoms with van der Waals surface area (Å²) in [6.07, 6.45) is 2.90. The third-order valence-electron chi connectivity index (χ3n) is 4.12. The number of rotatable bonds is 2. The molecule has 0 saturated carbocycles. The van der Waals surface area contributed by atoms with Crippen molar-refractivity contribution < 1.29 is 14.7 Å². The minimum atomic E-state index is -0.891. The number of amides is 2. The Labute approximate surface area is 124 Å². The highest BCUT2D eigenvalue weighted by molar-refractivity contribution is 8.00. The number of carboxylic acids is 1. The Morgan fingerprint density at radius 1 is 1.40 bits per heavy atom. The van der Waals surface area contributed by atoms with E-state index in [-0.39, 0.29) is 16.8 Å². The first-order chi connectivity index (χ1) is 9.35. The van der Waals surface area contributed by atoms with E-state index in [0.29, 0.717) is 5.75 Å². The van der Waals surface area contributed by atoms with Gasteiger partial charge in [0.05, 0.1) is 5.37 Å². The molecule has 5 nitrogen and oxygen atoms in total. The summed E-state index contributed by atoms with van der Waals surface area (Å²) in [4.78, 5) is 27.5. The van der Waals surface area contributed by atoms with Gasteiger partial charge in [0.25, 0.3) is 0 Å². The standard InChI is InChI=1S/C14H24N2O3S/c1-4-11-16(10(8-20-11)12(17)18)13(19)15-7-5-6-14(2,3)9-15/h10-11H,4-9H2,1-3H3,(H,17,18). The smallest absolute Gasteiger partial charge is 0.327 e. The fourth-order valence-electron chi connectivity index (χ4n) is 3.07. The van der Waals surface area contributed by atoms with Crippen molar-refractivity contribution in [1.82, 2.24) is 9.80 Å². The van der Waals surface area contributed by atoms with E-state index in [1.807, 2.05) is 11.8 Å². The highest BCUT2D eigenvalue weighted by Crippen LogP contribution is 2.35. The van der Waals surface area contributed by atoms with E-state index < -0.39 is 12.0 Å². The Bertz CT molecular complexity index is 400. The van der Waals surface area contributed by atoms with Crippen LogP contribution in [-0.4, -0.2) is 57.2 Å². The fourth-order valence-corrected chi connectivity index (χ4v) is 4.42. The molecule has 2 atom stereocenters. The summed E-state index contributed by atoms with van der Waals surface area (Å²) >= 11 is 1.58. The maximum Gasteiger partial charge on any atom is 0.327 e. The summed E-state index contributed by atoms with van der Waals surface area (Å²) in [5.74, 6) is -0.394. The van der Waals surface area contributed by atoms with Crippen molar-refractivity contribution >= 4 is 23.8 Å². The van der Waals surface area contributed by atoms with E-state index in [4.69, 9.17) is 0 Å². The van der Waals surface area contributed by atoms with E-state index in [0.717, 1.165) is 32.4 Å². The third kappa shape index (κ3) is 3.05. The summed E-state index contributed by atoms with van der Waals surface area (Å²) in [5.41, 5.74) is 0.126. The van der Waals surface area contributed by atoms with Crippen LogP contribution in [0.25, 0.3) is 0 Å². The molecule has 2 saturated heterocycles. The van der Waals surface area contributed by atoms with E-state index >= 15 is 0 Å². The average Bonchev–Trinajstić information content (AvgIpc) is 2.80. The molecule has 2 rings (SSSR count). The maximum atomic E-state index is 12.7. The fraction of sp³-hybridized carbons (Fsp3) is 0.857. The summed E-state index contributed by atoms with van der Waals surface area (Å²) in [5, 5.41) is 9.32. The van der Waals surface area contributed by atoms with Crippen molar-refractivity contribution in [2.24, 2.45) is 5.41 Å². The Balaban J connectivity index is 2.14. The number of carboxylic acid groups (broad SMARTS) is 1. The molecule has 2 amide bonds. The molecule has 2 aliphatic heterocycles. The van der Waals surface area contributed by atoms with Gasteiger partial charge in [0, 0.05) is 18.8 Å². The van der Waals surface area contributed by atoms with Gasteiger partial charge in [-0.1, -0.05) is 20.8 Å². The number of thioether (sulfide) groups is 1. The van der Waals surface area contributed by atoms with Crippen LogP contribution in [0, 0.1) is 5.41 Å². The predicted molar refractivity (Wildman–Crippen MR) is 79.8 cm³/mol. The first-order valence-electron chi connectivity index (χ1n) is 7.27. The van der Waals surface area contributed by atoms with Crippen LogP contribution < -0.4 is 0 Å². The normalized spacial score (nSPS) is 29.6. The second-order valence-corrected chi connectivity index (χ2v) is 7.64. The Morgan fingerprint density at radius 2 is 2.10 bits per heavy atom. The molecule has 1 N–H and O–H groups in total. The van der Waals surface area contributed by atoms with E-state index in [1.54, 1.807) is 16.7 Å². The van der Waals surface area contributed by atoms with Crippen molar-refractivity contribution in [2.75, 3.05) is 18.8 Å². The van der Waals surface area contributed by atoms with Gasteiger partial charge >= 0.3 is 12.0 Å². The van der Waals surface area contributed by atoms with Crippen molar-refractivity contribution in [1.29, 1.82) is 0 Å². The van der Waals surface area contributed by atoms with Crippen LogP contribution in [0.4, 0.5) is 4.79 Å². The average molecular weight is 300 g/mol. The second kappa shape index (κ2) is 5.84. The van der Waals surface area contributed by atoms with Gasteiger partial charge in [0.15, 0.2) is 0 Å². The number of aliphatic carboxylic acids is 1. The van der Waals surface area contributed by atoms with Gasteiger partial charge < -0.3 is 10.0 Å². The summed E-state index contributed by atoms with van der Waals surface area (Å²) < 4.78 is 0. The molecular weight excluding hydrogens is 276 g/mol. The molecule has 0 aromatic carbocycles. The van der Waals surface area contributed by atoms with Crippen molar-refractivity contribution in [2.45, 2.75) is 51.4 Å². The number of likely N-dealkylation sites (tertiary alicyclic amines) is 1. The monoisotopic (exact) mass is 300 g/mol. The number of carbonyl (C=O) groups is 2. The zero-order chi connectivity index (χ0) is 14.9. The molecule has 0 radical (unpaired) electrons. The molecule has 0 spiro atoms. The topological polar surface area (TPSA) is 60.9 Å². The van der Waals surface area contributed by atoms with Gasteiger partial charge in [-0.2, -0.15) is 0 Å². The van der Waals surface area contributed by atoms with Gasteiger partial charge in [-0.15, -0.1) is 11.8 Å². The molecule has 2 aliphatic rings. The van der Waals surface area contributed by atoms with Gasteiger partial charge in [-0.25, -0.2) is 9.59 Å².